The van der Waals surface area contributed by atoms with Gasteiger partial charge in [-0.25, -0.2) is 0 Å². The first-order chi connectivity index (χ1) is 10.3. The third-order valence-electron chi connectivity index (χ3n) is 4.58. The number of piperidine rings is 1. The molecule has 0 saturated carbocycles. The van der Waals surface area contributed by atoms with E-state index in [1.165, 1.54) is 43.2 Å². The Balaban J connectivity index is 1.67. The summed E-state index contributed by atoms with van der Waals surface area (Å²) >= 11 is 0. The van der Waals surface area contributed by atoms with E-state index in [4.69, 9.17) is 0 Å². The molecule has 1 saturated heterocycles. The highest BCUT2D eigenvalue weighted by Gasteiger charge is 2.18. The van der Waals surface area contributed by atoms with Crippen molar-refractivity contribution < 1.29 is 0 Å². The molecule has 1 aliphatic rings. The lowest BCUT2D eigenvalue weighted by Crippen LogP contribution is -2.35. The number of nitrogens with zero attached hydrogens (tertiary/aromatic N) is 3. The quantitative estimate of drug-likeness (QED) is 0.936. The van der Waals surface area contributed by atoms with Gasteiger partial charge >= 0.3 is 0 Å². The van der Waals surface area contributed by atoms with Crippen LogP contribution in [0, 0.1) is 12.8 Å². The van der Waals surface area contributed by atoms with Gasteiger partial charge in [0, 0.05) is 17.3 Å². The van der Waals surface area contributed by atoms with Crippen LogP contribution in [0.3, 0.4) is 0 Å². The first kappa shape index (κ1) is 14.3. The van der Waals surface area contributed by atoms with Gasteiger partial charge in [0.25, 0.3) is 0 Å². The summed E-state index contributed by atoms with van der Waals surface area (Å²) in [5.74, 6) is 1.67. The molecular weight excluding hydrogens is 260 g/mol. The third kappa shape index (κ3) is 3.16. The van der Waals surface area contributed by atoms with Gasteiger partial charge in [0.1, 0.15) is 0 Å². The molecule has 1 aliphatic heterocycles. The van der Waals surface area contributed by atoms with Crippen LogP contribution in [0.2, 0.25) is 0 Å². The molecule has 2 heterocycles. The maximum absolute atomic E-state index is 4.35. The summed E-state index contributed by atoms with van der Waals surface area (Å²) in [5, 5.41) is 14.5. The molecule has 3 rings (SSSR count). The van der Waals surface area contributed by atoms with E-state index < -0.39 is 0 Å². The van der Waals surface area contributed by atoms with Crippen LogP contribution in [-0.2, 0) is 0 Å². The van der Waals surface area contributed by atoms with E-state index in [1.807, 2.05) is 6.92 Å². The number of aromatic nitrogens is 2. The Morgan fingerprint density at radius 3 is 2.57 bits per heavy atom. The summed E-state index contributed by atoms with van der Waals surface area (Å²) in [6, 6.07) is 8.36. The average Bonchev–Trinajstić information content (AvgIpc) is 2.55. The molecule has 1 aromatic carbocycles. The van der Waals surface area contributed by atoms with E-state index in [0.717, 1.165) is 24.0 Å². The molecule has 0 atom stereocenters. The monoisotopic (exact) mass is 284 g/mol. The van der Waals surface area contributed by atoms with Crippen LogP contribution in [0.25, 0.3) is 10.8 Å². The zero-order chi connectivity index (χ0) is 14.7. The molecule has 0 unspecified atom stereocenters. The van der Waals surface area contributed by atoms with Gasteiger partial charge in [-0.15, -0.1) is 5.10 Å². The first-order valence-electron chi connectivity index (χ1n) is 7.96. The summed E-state index contributed by atoms with van der Waals surface area (Å²) in [6.45, 7) is 8.88. The van der Waals surface area contributed by atoms with Crippen LogP contribution in [0.15, 0.2) is 24.3 Å². The molecule has 0 aliphatic carbocycles. The zero-order valence-electron chi connectivity index (χ0n) is 13.0. The minimum Gasteiger partial charge on any atom is -0.368 e. The van der Waals surface area contributed by atoms with E-state index in [2.05, 4.69) is 51.6 Å². The summed E-state index contributed by atoms with van der Waals surface area (Å²) in [5.41, 5.74) is 0.993. The third-order valence-corrected chi connectivity index (χ3v) is 4.58. The lowest BCUT2D eigenvalue weighted by atomic mass is 9.97. The minimum atomic E-state index is 0.745. The van der Waals surface area contributed by atoms with Crippen LogP contribution in [0.4, 0.5) is 5.82 Å². The maximum Gasteiger partial charge on any atom is 0.156 e. The molecule has 1 N–H and O–H groups in total. The number of anilines is 1. The summed E-state index contributed by atoms with van der Waals surface area (Å²) in [4.78, 5) is 2.53. The van der Waals surface area contributed by atoms with Gasteiger partial charge in [-0.05, 0) is 45.3 Å². The standard InChI is InChI=1S/C17H24N4/c1-3-21-10-8-14(9-11-21)12-18-17-16-7-5-4-6-15(16)13(2)19-20-17/h4-7,14H,3,8-12H2,1-2H3,(H,18,20). The summed E-state index contributed by atoms with van der Waals surface area (Å²) in [7, 11) is 0. The fraction of sp³-hybridized carbons (Fsp3) is 0.529. The van der Waals surface area contributed by atoms with Crippen LogP contribution < -0.4 is 5.32 Å². The van der Waals surface area contributed by atoms with Crippen molar-refractivity contribution in [2.45, 2.75) is 26.7 Å². The Morgan fingerprint density at radius 1 is 1.14 bits per heavy atom. The lowest BCUT2D eigenvalue weighted by molar-refractivity contribution is 0.198. The topological polar surface area (TPSA) is 41.0 Å². The second-order valence-corrected chi connectivity index (χ2v) is 5.94. The van der Waals surface area contributed by atoms with Crippen molar-refractivity contribution in [2.24, 2.45) is 5.92 Å². The molecule has 1 fully saturated rings. The van der Waals surface area contributed by atoms with Gasteiger partial charge in [-0.2, -0.15) is 5.10 Å². The van der Waals surface area contributed by atoms with Gasteiger partial charge in [-0.1, -0.05) is 31.2 Å². The van der Waals surface area contributed by atoms with Crippen molar-refractivity contribution >= 4 is 16.6 Å². The Labute approximate surface area is 126 Å². The fourth-order valence-electron chi connectivity index (χ4n) is 3.12. The number of nitrogens with one attached hydrogen (secondary N) is 1. The van der Waals surface area contributed by atoms with E-state index in [-0.39, 0.29) is 0 Å². The minimum absolute atomic E-state index is 0.745. The molecule has 0 radical (unpaired) electrons. The first-order valence-corrected chi connectivity index (χ1v) is 7.96. The van der Waals surface area contributed by atoms with Crippen LogP contribution >= 0.6 is 0 Å². The molecule has 4 heteroatoms. The highest BCUT2D eigenvalue weighted by Crippen LogP contribution is 2.23. The zero-order valence-corrected chi connectivity index (χ0v) is 13.0. The number of fused-ring (bicyclic) bond motifs is 1. The van der Waals surface area contributed by atoms with E-state index in [0.29, 0.717) is 0 Å². The molecule has 4 nitrogen and oxygen atoms in total. The number of likely N-dealkylation sites (tertiary alicyclic amines) is 1. The number of aryl methyl sites for hydroxylation is 1. The summed E-state index contributed by atoms with van der Waals surface area (Å²) < 4.78 is 0. The largest absolute Gasteiger partial charge is 0.368 e. The number of rotatable bonds is 4. The molecular formula is C17H24N4. The van der Waals surface area contributed by atoms with Gasteiger partial charge in [-0.3, -0.25) is 0 Å². The van der Waals surface area contributed by atoms with Crippen molar-refractivity contribution in [3.05, 3.63) is 30.0 Å². The number of benzene rings is 1. The SMILES string of the molecule is CCN1CCC(CNc2nnc(C)c3ccccc23)CC1. The predicted octanol–water partition coefficient (Wildman–Crippen LogP) is 3.08. The fourth-order valence-corrected chi connectivity index (χ4v) is 3.12. The Hall–Kier alpha value is -1.68. The lowest BCUT2D eigenvalue weighted by Gasteiger charge is -2.31. The molecule has 0 amide bonds. The van der Waals surface area contributed by atoms with Gasteiger partial charge < -0.3 is 10.2 Å². The van der Waals surface area contributed by atoms with E-state index >= 15 is 0 Å². The van der Waals surface area contributed by atoms with Crippen molar-refractivity contribution in [3.8, 4) is 0 Å². The Morgan fingerprint density at radius 2 is 1.86 bits per heavy atom. The van der Waals surface area contributed by atoms with Crippen molar-refractivity contribution in [2.75, 3.05) is 31.5 Å². The predicted molar refractivity (Wildman–Crippen MR) is 87.6 cm³/mol. The second kappa shape index (κ2) is 6.39. The number of hydrogen-bond acceptors (Lipinski definition) is 4. The molecule has 112 valence electrons. The molecule has 2 aromatic rings. The summed E-state index contributed by atoms with van der Waals surface area (Å²) in [6.07, 6.45) is 2.55. The smallest absolute Gasteiger partial charge is 0.156 e. The van der Waals surface area contributed by atoms with E-state index in [9.17, 15) is 0 Å². The molecule has 0 spiro atoms. The second-order valence-electron chi connectivity index (χ2n) is 5.94. The normalized spacial score (nSPS) is 17.2. The average molecular weight is 284 g/mol. The van der Waals surface area contributed by atoms with Gasteiger partial charge in [0.15, 0.2) is 5.82 Å². The van der Waals surface area contributed by atoms with E-state index in [1.54, 1.807) is 0 Å². The maximum atomic E-state index is 4.35. The van der Waals surface area contributed by atoms with Crippen molar-refractivity contribution in [3.63, 3.8) is 0 Å². The highest BCUT2D eigenvalue weighted by molar-refractivity contribution is 5.92. The highest BCUT2D eigenvalue weighted by atomic mass is 15.2. The Bertz CT molecular complexity index is 603. The van der Waals surface area contributed by atoms with Crippen LogP contribution in [0.1, 0.15) is 25.5 Å². The van der Waals surface area contributed by atoms with Crippen LogP contribution in [-0.4, -0.2) is 41.3 Å². The van der Waals surface area contributed by atoms with Crippen molar-refractivity contribution in [1.82, 2.24) is 15.1 Å². The van der Waals surface area contributed by atoms with Gasteiger partial charge in [0.05, 0.1) is 5.69 Å². The molecule has 21 heavy (non-hydrogen) atoms. The number of hydrogen-bond donors (Lipinski definition) is 1. The Kier molecular flexibility index (Phi) is 4.34. The van der Waals surface area contributed by atoms with Crippen molar-refractivity contribution in [1.29, 1.82) is 0 Å². The molecule has 0 bridgehead atoms. The van der Waals surface area contributed by atoms with Crippen LogP contribution in [0.5, 0.6) is 0 Å². The van der Waals surface area contributed by atoms with Gasteiger partial charge in [0.2, 0.25) is 0 Å². The molecule has 1 aromatic heterocycles.